The zero-order valence-electron chi connectivity index (χ0n) is 21.8. The second kappa shape index (κ2) is 11.2. The highest BCUT2D eigenvalue weighted by Gasteiger charge is 2.47. The number of aromatic hydroxyl groups is 1. The maximum Gasteiger partial charge on any atom is 0.362 e. The van der Waals surface area contributed by atoms with E-state index in [0.717, 1.165) is 19.6 Å². The van der Waals surface area contributed by atoms with Crippen LogP contribution in [-0.4, -0.2) is 99.7 Å². The Morgan fingerprint density at radius 1 is 1.18 bits per heavy atom. The molecule has 0 radical (unpaired) electrons. The number of hydrogen-bond donors (Lipinski definition) is 5. The predicted molar refractivity (Wildman–Crippen MR) is 137 cm³/mol. The van der Waals surface area contributed by atoms with Crippen LogP contribution in [0.25, 0.3) is 0 Å². The number of benzene rings is 1. The number of ether oxygens (including phenoxy) is 1. The molecule has 6 N–H and O–H groups in total. The minimum Gasteiger partial charge on any atom is -0.507 e. The van der Waals surface area contributed by atoms with E-state index in [1.807, 2.05) is 5.01 Å². The largest absolute Gasteiger partial charge is 0.507 e. The minimum absolute atomic E-state index is 0.271. The molecule has 0 spiro atoms. The Labute approximate surface area is 225 Å². The van der Waals surface area contributed by atoms with Crippen LogP contribution in [0.1, 0.15) is 49.2 Å². The Morgan fingerprint density at radius 2 is 1.85 bits per heavy atom. The Balaban J connectivity index is 1.45. The standard InChI is InChI=1S/C23H33N7O8S/c1-4-30(5-2,6-3)29-13-26-21-17(20(29)24)25-12-28(21)23-19(33)18(32)16(38-23)11-37-39(35,36)27-22(34)14-9-7-8-10-15(14)31/h7-10,12-13,16,18-20,23,32-33H,4-6,11,24H2,1-3H3,(H-,27,31,34)/p+1/t16-,18?,19?,20?,23-/m1/s1. The monoisotopic (exact) mass is 568 g/mol. The molecule has 0 aliphatic carbocycles. The molecule has 5 atom stereocenters. The summed E-state index contributed by atoms with van der Waals surface area (Å²) in [6, 6.07) is 5.37. The SMILES string of the molecule is CC[N+](CC)(CC)N1C=Nc2c(ncn2[C@@H]2O[C@H](COS(=O)(=O)NC(=O)c3ccccc3O)C(O)C2O)C1N. The lowest BCUT2D eigenvalue weighted by atomic mass is 10.1. The predicted octanol–water partition coefficient (Wildman–Crippen LogP) is -0.376. The fourth-order valence-corrected chi connectivity index (χ4v) is 5.57. The van der Waals surface area contributed by atoms with E-state index < -0.39 is 59.3 Å². The summed E-state index contributed by atoms with van der Waals surface area (Å²) in [7, 11) is -4.64. The number of hydrogen-bond acceptors (Lipinski definition) is 12. The van der Waals surface area contributed by atoms with Crippen LogP contribution in [0.5, 0.6) is 5.75 Å². The smallest absolute Gasteiger partial charge is 0.362 e. The number of fused-ring (bicyclic) bond motifs is 1. The van der Waals surface area contributed by atoms with E-state index in [9.17, 15) is 28.5 Å². The van der Waals surface area contributed by atoms with Crippen LogP contribution in [0.4, 0.5) is 5.82 Å². The van der Waals surface area contributed by atoms with Gasteiger partial charge in [-0.2, -0.15) is 13.4 Å². The summed E-state index contributed by atoms with van der Waals surface area (Å²) in [6.45, 7) is 7.83. The number of carbonyl (C=O) groups excluding carboxylic acids is 1. The number of aliphatic hydroxyl groups is 2. The van der Waals surface area contributed by atoms with E-state index in [2.05, 4.69) is 30.7 Å². The number of aliphatic hydroxyl groups excluding tert-OH is 2. The molecule has 0 saturated carbocycles. The molecule has 15 nitrogen and oxygen atoms in total. The first-order valence-corrected chi connectivity index (χ1v) is 13.9. The third-order valence-corrected chi connectivity index (χ3v) is 8.16. The van der Waals surface area contributed by atoms with Crippen molar-refractivity contribution in [2.45, 2.75) is 51.5 Å². The van der Waals surface area contributed by atoms with E-state index in [1.54, 1.807) is 11.1 Å². The Hall–Kier alpha value is -3.12. The van der Waals surface area contributed by atoms with Crippen molar-refractivity contribution in [3.8, 4) is 5.75 Å². The average molecular weight is 569 g/mol. The lowest BCUT2D eigenvalue weighted by Crippen LogP contribution is -2.62. The van der Waals surface area contributed by atoms with E-state index in [1.165, 1.54) is 35.2 Å². The van der Waals surface area contributed by atoms with Gasteiger partial charge in [-0.3, -0.25) is 13.5 Å². The maximum atomic E-state index is 12.3. The number of phenolic OH excluding ortho intramolecular Hbond substituents is 1. The molecule has 3 unspecified atom stereocenters. The van der Waals surface area contributed by atoms with Crippen LogP contribution in [0.3, 0.4) is 0 Å². The van der Waals surface area contributed by atoms with Gasteiger partial charge in [-0.05, 0) is 32.9 Å². The fourth-order valence-electron chi connectivity index (χ4n) is 4.86. The summed E-state index contributed by atoms with van der Waals surface area (Å²) < 4.78 is 38.8. The van der Waals surface area contributed by atoms with Crippen molar-refractivity contribution in [1.29, 1.82) is 0 Å². The number of nitrogens with one attached hydrogen (secondary N) is 1. The van der Waals surface area contributed by atoms with Crippen molar-refractivity contribution in [2.24, 2.45) is 10.7 Å². The number of carbonyl (C=O) groups is 1. The lowest BCUT2D eigenvalue weighted by molar-refractivity contribution is -1.02. The average Bonchev–Trinajstić information content (AvgIpc) is 3.46. The lowest BCUT2D eigenvalue weighted by Gasteiger charge is -2.46. The zero-order chi connectivity index (χ0) is 28.5. The Bertz CT molecular complexity index is 1320. The van der Waals surface area contributed by atoms with Crippen LogP contribution >= 0.6 is 0 Å². The number of para-hydroxylation sites is 1. The van der Waals surface area contributed by atoms with E-state index >= 15 is 0 Å². The molecule has 2 aliphatic rings. The van der Waals surface area contributed by atoms with Crippen molar-refractivity contribution in [1.82, 2.24) is 19.3 Å². The Kier molecular flexibility index (Phi) is 8.27. The zero-order valence-corrected chi connectivity index (χ0v) is 22.6. The van der Waals surface area contributed by atoms with Gasteiger partial charge in [-0.15, -0.1) is 0 Å². The molecule has 2 aliphatic heterocycles. The van der Waals surface area contributed by atoms with Crippen LogP contribution in [0.2, 0.25) is 0 Å². The molecule has 16 heteroatoms. The van der Waals surface area contributed by atoms with Gasteiger partial charge in [0.15, 0.2) is 18.2 Å². The number of quaternary nitrogens is 1. The number of aromatic nitrogens is 2. The van der Waals surface area contributed by atoms with Crippen molar-refractivity contribution < 1.29 is 42.0 Å². The van der Waals surface area contributed by atoms with Gasteiger partial charge in [0.2, 0.25) is 0 Å². The Morgan fingerprint density at radius 3 is 2.49 bits per heavy atom. The summed E-state index contributed by atoms with van der Waals surface area (Å²) in [5, 5.41) is 32.9. The second-order valence-electron chi connectivity index (χ2n) is 9.21. The van der Waals surface area contributed by atoms with Crippen LogP contribution in [0.15, 0.2) is 35.6 Å². The van der Waals surface area contributed by atoms with Crippen molar-refractivity contribution in [3.63, 3.8) is 0 Å². The molecular weight excluding hydrogens is 534 g/mol. The topological polar surface area (TPSA) is 202 Å². The summed E-state index contributed by atoms with van der Waals surface area (Å²) in [6.07, 6.45) is -3.06. The summed E-state index contributed by atoms with van der Waals surface area (Å²) >= 11 is 0. The van der Waals surface area contributed by atoms with E-state index in [4.69, 9.17) is 14.7 Å². The van der Waals surface area contributed by atoms with Gasteiger partial charge in [0.25, 0.3) is 5.91 Å². The first-order chi connectivity index (χ1) is 18.5. The van der Waals surface area contributed by atoms with Gasteiger partial charge in [-0.25, -0.2) is 19.3 Å². The molecule has 214 valence electrons. The fraction of sp³-hybridized carbons (Fsp3) is 0.522. The molecule has 1 aromatic carbocycles. The normalized spacial score (nSPS) is 25.1. The number of imidazole rings is 1. The van der Waals surface area contributed by atoms with Gasteiger partial charge in [0, 0.05) is 0 Å². The first-order valence-electron chi connectivity index (χ1n) is 12.5. The third kappa shape index (κ3) is 5.36. The number of phenols is 1. The highest BCUT2D eigenvalue weighted by atomic mass is 32.2. The van der Waals surface area contributed by atoms with Crippen LogP contribution in [0, 0.1) is 0 Å². The molecule has 1 amide bonds. The second-order valence-corrected chi connectivity index (χ2v) is 10.6. The van der Waals surface area contributed by atoms with Gasteiger partial charge < -0.3 is 25.8 Å². The van der Waals surface area contributed by atoms with Gasteiger partial charge >= 0.3 is 10.3 Å². The van der Waals surface area contributed by atoms with E-state index in [0.29, 0.717) is 16.1 Å². The summed E-state index contributed by atoms with van der Waals surface area (Å²) in [5.41, 5.74) is 6.73. The van der Waals surface area contributed by atoms with Gasteiger partial charge in [-0.1, -0.05) is 12.1 Å². The molecule has 1 fully saturated rings. The summed E-state index contributed by atoms with van der Waals surface area (Å²) in [5.74, 6) is -1.19. The van der Waals surface area contributed by atoms with Gasteiger partial charge in [0.05, 0.1) is 38.1 Å². The number of amides is 1. The number of nitrogens with two attached hydrogens (primary N) is 1. The molecular formula is C23H34N7O8S+. The number of aliphatic imine (C=N–C) groups is 1. The molecule has 3 heterocycles. The quantitative estimate of drug-likeness (QED) is 0.234. The molecule has 1 aromatic heterocycles. The maximum absolute atomic E-state index is 12.3. The number of rotatable bonds is 10. The van der Waals surface area contributed by atoms with Gasteiger partial charge in [0.1, 0.15) is 36.1 Å². The third-order valence-electron chi connectivity index (χ3n) is 7.28. The van der Waals surface area contributed by atoms with Crippen LogP contribution < -0.4 is 10.5 Å². The van der Waals surface area contributed by atoms with Crippen LogP contribution in [-0.2, 0) is 19.2 Å². The molecule has 2 aromatic rings. The van der Waals surface area contributed by atoms with Crippen molar-refractivity contribution in [3.05, 3.63) is 41.9 Å². The molecule has 1 saturated heterocycles. The molecule has 4 rings (SSSR count). The first kappa shape index (κ1) is 28.9. The molecule has 39 heavy (non-hydrogen) atoms. The van der Waals surface area contributed by atoms with Crippen molar-refractivity contribution >= 4 is 28.4 Å². The minimum atomic E-state index is -4.64. The van der Waals surface area contributed by atoms with Crippen molar-refractivity contribution in [2.75, 3.05) is 26.2 Å². The van der Waals surface area contributed by atoms with E-state index in [-0.39, 0.29) is 5.56 Å². The summed E-state index contributed by atoms with van der Waals surface area (Å²) in [4.78, 5) is 21.1. The highest BCUT2D eigenvalue weighted by molar-refractivity contribution is 7.85. The highest BCUT2D eigenvalue weighted by Crippen LogP contribution is 2.38. The molecule has 0 bridgehead atoms. The number of nitrogens with zero attached hydrogens (tertiary/aromatic N) is 5.